The van der Waals surface area contributed by atoms with Gasteiger partial charge in [0.15, 0.2) is 5.82 Å². The Kier molecular flexibility index (Phi) is 5.66. The van der Waals surface area contributed by atoms with E-state index >= 15 is 0 Å². The van der Waals surface area contributed by atoms with Crippen LogP contribution >= 0.6 is 11.6 Å². The number of halogens is 1. The van der Waals surface area contributed by atoms with Gasteiger partial charge in [-0.3, -0.25) is 0 Å². The molecule has 0 aliphatic carbocycles. The molecule has 0 aliphatic rings. The predicted octanol–water partition coefficient (Wildman–Crippen LogP) is 5.38. The number of aromatic nitrogens is 2. The maximum absolute atomic E-state index is 6.20. The molecule has 1 heterocycles. The third kappa shape index (κ3) is 4.41. The van der Waals surface area contributed by atoms with Crippen molar-refractivity contribution in [2.45, 2.75) is 19.8 Å². The SMILES string of the molecule is COc1ccc(Cl)cc1Nc1ncnc(Oc2ccc(C(C)C)cc2)c1N. The molecular weight excluding hydrogens is 364 g/mol. The van der Waals surface area contributed by atoms with Crippen LogP contribution in [-0.2, 0) is 0 Å². The summed E-state index contributed by atoms with van der Waals surface area (Å²) in [5.74, 6) is 2.39. The van der Waals surface area contributed by atoms with Gasteiger partial charge in [0.1, 0.15) is 23.5 Å². The lowest BCUT2D eigenvalue weighted by molar-refractivity contribution is 0.417. The quantitative estimate of drug-likeness (QED) is 0.593. The highest BCUT2D eigenvalue weighted by atomic mass is 35.5. The van der Waals surface area contributed by atoms with Crippen molar-refractivity contribution in [1.82, 2.24) is 9.97 Å². The van der Waals surface area contributed by atoms with Crippen LogP contribution in [0.1, 0.15) is 25.3 Å². The van der Waals surface area contributed by atoms with Crippen molar-refractivity contribution in [3.8, 4) is 17.4 Å². The first-order valence-electron chi connectivity index (χ1n) is 8.46. The molecule has 0 atom stereocenters. The number of anilines is 3. The van der Waals surface area contributed by atoms with E-state index in [1.165, 1.54) is 11.9 Å². The van der Waals surface area contributed by atoms with Crippen LogP contribution in [0, 0.1) is 0 Å². The standard InChI is InChI=1S/C20H21ClN4O2/c1-12(2)13-4-7-15(8-5-13)27-20-18(22)19(23-11-24-20)25-16-10-14(21)6-9-17(16)26-3/h4-12H,22H2,1-3H3,(H,23,24,25). The van der Waals surface area contributed by atoms with Crippen LogP contribution in [0.2, 0.25) is 5.02 Å². The van der Waals surface area contributed by atoms with Crippen molar-refractivity contribution >= 4 is 28.8 Å². The lowest BCUT2D eigenvalue weighted by Crippen LogP contribution is -2.04. The van der Waals surface area contributed by atoms with Crippen LogP contribution in [0.25, 0.3) is 0 Å². The van der Waals surface area contributed by atoms with Gasteiger partial charge < -0.3 is 20.5 Å². The number of nitrogens with zero attached hydrogens (tertiary/aromatic N) is 2. The Morgan fingerprint density at radius 1 is 1.07 bits per heavy atom. The zero-order valence-corrected chi connectivity index (χ0v) is 16.1. The van der Waals surface area contributed by atoms with Crippen LogP contribution in [-0.4, -0.2) is 17.1 Å². The van der Waals surface area contributed by atoms with Gasteiger partial charge in [-0.1, -0.05) is 37.6 Å². The van der Waals surface area contributed by atoms with Crippen LogP contribution < -0.4 is 20.5 Å². The summed E-state index contributed by atoms with van der Waals surface area (Å²) in [7, 11) is 1.58. The Hall–Kier alpha value is -2.99. The Morgan fingerprint density at radius 2 is 1.81 bits per heavy atom. The first-order valence-corrected chi connectivity index (χ1v) is 8.84. The molecule has 0 saturated carbocycles. The monoisotopic (exact) mass is 384 g/mol. The van der Waals surface area contributed by atoms with Gasteiger partial charge in [0, 0.05) is 5.02 Å². The molecule has 0 bridgehead atoms. The van der Waals surface area contributed by atoms with E-state index < -0.39 is 0 Å². The van der Waals surface area contributed by atoms with E-state index in [1.54, 1.807) is 25.3 Å². The number of benzene rings is 2. The van der Waals surface area contributed by atoms with Gasteiger partial charge in [-0.2, -0.15) is 4.98 Å². The summed E-state index contributed by atoms with van der Waals surface area (Å²) in [5, 5.41) is 3.68. The van der Waals surface area contributed by atoms with Gasteiger partial charge in [-0.05, 0) is 41.8 Å². The Morgan fingerprint density at radius 3 is 2.48 bits per heavy atom. The summed E-state index contributed by atoms with van der Waals surface area (Å²) < 4.78 is 11.2. The molecule has 0 aliphatic heterocycles. The summed E-state index contributed by atoms with van der Waals surface area (Å²) in [6.45, 7) is 4.28. The van der Waals surface area contributed by atoms with Crippen LogP contribution in [0.5, 0.6) is 17.4 Å². The third-order valence-electron chi connectivity index (χ3n) is 4.02. The molecule has 0 saturated heterocycles. The minimum Gasteiger partial charge on any atom is -0.495 e. The average molecular weight is 385 g/mol. The molecule has 2 aromatic carbocycles. The molecule has 3 rings (SSSR count). The molecule has 7 heteroatoms. The first-order chi connectivity index (χ1) is 13.0. The van der Waals surface area contributed by atoms with E-state index in [2.05, 4.69) is 29.1 Å². The maximum Gasteiger partial charge on any atom is 0.248 e. The number of ether oxygens (including phenoxy) is 2. The third-order valence-corrected chi connectivity index (χ3v) is 4.26. The number of hydrogen-bond acceptors (Lipinski definition) is 6. The van der Waals surface area contributed by atoms with Gasteiger partial charge in [-0.15, -0.1) is 0 Å². The van der Waals surface area contributed by atoms with Crippen molar-refractivity contribution < 1.29 is 9.47 Å². The molecule has 0 fully saturated rings. The molecule has 0 amide bonds. The smallest absolute Gasteiger partial charge is 0.248 e. The van der Waals surface area contributed by atoms with Crippen LogP contribution in [0.3, 0.4) is 0 Å². The Balaban J connectivity index is 1.85. The highest BCUT2D eigenvalue weighted by Crippen LogP contribution is 2.35. The fourth-order valence-electron chi connectivity index (χ4n) is 2.50. The van der Waals surface area contributed by atoms with Crippen LogP contribution in [0.15, 0.2) is 48.8 Å². The van der Waals surface area contributed by atoms with Crippen LogP contribution in [0.4, 0.5) is 17.2 Å². The van der Waals surface area contributed by atoms with E-state index in [1.807, 2.05) is 24.3 Å². The second-order valence-electron chi connectivity index (χ2n) is 6.24. The highest BCUT2D eigenvalue weighted by molar-refractivity contribution is 6.31. The minimum atomic E-state index is 0.269. The molecule has 3 aromatic rings. The lowest BCUT2D eigenvalue weighted by atomic mass is 10.0. The largest absolute Gasteiger partial charge is 0.495 e. The van der Waals surface area contributed by atoms with E-state index in [-0.39, 0.29) is 11.6 Å². The van der Waals surface area contributed by atoms with Crippen molar-refractivity contribution in [1.29, 1.82) is 0 Å². The molecule has 27 heavy (non-hydrogen) atoms. The number of nitrogen functional groups attached to an aromatic ring is 1. The van der Waals surface area contributed by atoms with Gasteiger partial charge in [0.25, 0.3) is 0 Å². The summed E-state index contributed by atoms with van der Waals surface area (Å²) in [4.78, 5) is 8.33. The lowest BCUT2D eigenvalue weighted by Gasteiger charge is -2.14. The van der Waals surface area contributed by atoms with Crippen molar-refractivity contribution in [2.75, 3.05) is 18.2 Å². The van der Waals surface area contributed by atoms with Gasteiger partial charge in [-0.25, -0.2) is 4.98 Å². The fourth-order valence-corrected chi connectivity index (χ4v) is 2.67. The molecule has 3 N–H and O–H groups in total. The average Bonchev–Trinajstić information content (AvgIpc) is 2.65. The van der Waals surface area contributed by atoms with Gasteiger partial charge in [0.05, 0.1) is 12.8 Å². The summed E-state index contributed by atoms with van der Waals surface area (Å²) in [5.41, 5.74) is 8.36. The second kappa shape index (κ2) is 8.14. The molecule has 0 spiro atoms. The second-order valence-corrected chi connectivity index (χ2v) is 6.67. The van der Waals surface area contributed by atoms with Crippen molar-refractivity contribution in [3.63, 3.8) is 0 Å². The summed E-state index contributed by atoms with van der Waals surface area (Å²) in [6.07, 6.45) is 1.38. The molecule has 6 nitrogen and oxygen atoms in total. The zero-order chi connectivity index (χ0) is 19.4. The molecular formula is C20H21ClN4O2. The van der Waals surface area contributed by atoms with Crippen molar-refractivity contribution in [2.24, 2.45) is 0 Å². The zero-order valence-electron chi connectivity index (χ0n) is 15.4. The van der Waals surface area contributed by atoms with Crippen molar-refractivity contribution in [3.05, 3.63) is 59.4 Å². The number of nitrogens with two attached hydrogens (primary N) is 1. The first kappa shape index (κ1) is 18.8. The molecule has 1 aromatic heterocycles. The maximum atomic E-state index is 6.20. The van der Waals surface area contributed by atoms with E-state index in [4.69, 9.17) is 26.8 Å². The molecule has 0 radical (unpaired) electrons. The minimum absolute atomic E-state index is 0.269. The Labute approximate surface area is 163 Å². The number of methoxy groups -OCH3 is 1. The number of rotatable bonds is 6. The van der Waals surface area contributed by atoms with E-state index in [9.17, 15) is 0 Å². The Bertz CT molecular complexity index is 930. The fraction of sp³-hybridized carbons (Fsp3) is 0.200. The summed E-state index contributed by atoms with van der Waals surface area (Å²) in [6, 6.07) is 13.1. The topological polar surface area (TPSA) is 82.3 Å². The van der Waals surface area contributed by atoms with E-state index in [0.29, 0.717) is 33.9 Å². The van der Waals surface area contributed by atoms with E-state index in [0.717, 1.165) is 0 Å². The molecule has 140 valence electrons. The predicted molar refractivity (Wildman–Crippen MR) is 108 cm³/mol. The van der Waals surface area contributed by atoms with Gasteiger partial charge >= 0.3 is 0 Å². The van der Waals surface area contributed by atoms with Gasteiger partial charge in [0.2, 0.25) is 5.88 Å². The number of nitrogens with one attached hydrogen (secondary N) is 1. The highest BCUT2D eigenvalue weighted by Gasteiger charge is 2.13. The summed E-state index contributed by atoms with van der Waals surface area (Å²) >= 11 is 6.07. The number of hydrogen-bond donors (Lipinski definition) is 2. The normalized spacial score (nSPS) is 10.7. The molecule has 0 unspecified atom stereocenters.